The van der Waals surface area contributed by atoms with Crippen LogP contribution < -0.4 is 0 Å². The van der Waals surface area contributed by atoms with E-state index in [0.29, 0.717) is 0 Å². The molecule has 0 aliphatic carbocycles. The zero-order chi connectivity index (χ0) is 21.6. The molecular weight excluding hydrogens is 408 g/mol. The van der Waals surface area contributed by atoms with E-state index in [2.05, 4.69) is 10.0 Å². The monoisotopic (exact) mass is 430 g/mol. The Labute approximate surface area is 175 Å². The molecule has 1 heterocycles. The minimum absolute atomic E-state index is 0.0229. The molecule has 0 saturated carbocycles. The summed E-state index contributed by atoms with van der Waals surface area (Å²) in [6, 6.07) is 15.4. The molecule has 1 amide bonds. The van der Waals surface area contributed by atoms with Crippen LogP contribution in [0.1, 0.15) is 24.0 Å². The second-order valence-corrected chi connectivity index (χ2v) is 8.56. The SMILES string of the molecule is Cc1ccc(S(=O)(=O)OC2(N=[N+]=[N-])CCN(C(=O)OCc3ccccc3)CC2)cc1. The predicted octanol–water partition coefficient (Wildman–Crippen LogP) is 4.14. The van der Waals surface area contributed by atoms with Crippen molar-refractivity contribution in [3.8, 4) is 0 Å². The Balaban J connectivity index is 1.64. The fraction of sp³-hybridized carbons (Fsp3) is 0.350. The molecule has 30 heavy (non-hydrogen) atoms. The van der Waals surface area contributed by atoms with Gasteiger partial charge in [-0.15, -0.1) is 0 Å². The van der Waals surface area contributed by atoms with Crippen LogP contribution in [0.3, 0.4) is 0 Å². The van der Waals surface area contributed by atoms with Gasteiger partial charge in [0.05, 0.1) is 4.90 Å². The van der Waals surface area contributed by atoms with E-state index < -0.39 is 21.9 Å². The molecule has 1 aliphatic heterocycles. The van der Waals surface area contributed by atoms with Crippen molar-refractivity contribution in [1.29, 1.82) is 0 Å². The van der Waals surface area contributed by atoms with Gasteiger partial charge in [-0.1, -0.05) is 53.1 Å². The normalized spacial score (nSPS) is 15.8. The molecule has 158 valence electrons. The van der Waals surface area contributed by atoms with Crippen molar-refractivity contribution >= 4 is 16.2 Å². The molecule has 0 unspecified atom stereocenters. The van der Waals surface area contributed by atoms with Crippen molar-refractivity contribution in [3.05, 3.63) is 76.2 Å². The zero-order valence-corrected chi connectivity index (χ0v) is 17.3. The van der Waals surface area contributed by atoms with Crippen LogP contribution >= 0.6 is 0 Å². The number of hydrogen-bond donors (Lipinski definition) is 0. The van der Waals surface area contributed by atoms with E-state index in [4.69, 9.17) is 14.5 Å². The molecule has 9 nitrogen and oxygen atoms in total. The molecule has 0 spiro atoms. The number of likely N-dealkylation sites (tertiary alicyclic amines) is 1. The summed E-state index contributed by atoms with van der Waals surface area (Å²) < 4.78 is 36.0. The van der Waals surface area contributed by atoms with Crippen molar-refractivity contribution < 1.29 is 22.1 Å². The maximum absolute atomic E-state index is 12.7. The third kappa shape index (κ3) is 5.29. The summed E-state index contributed by atoms with van der Waals surface area (Å²) in [6.07, 6.45) is -0.458. The predicted molar refractivity (Wildman–Crippen MR) is 109 cm³/mol. The molecule has 0 atom stereocenters. The second-order valence-electron chi connectivity index (χ2n) is 7.01. The van der Waals surface area contributed by atoms with Gasteiger partial charge in [0.2, 0.25) is 0 Å². The van der Waals surface area contributed by atoms with Gasteiger partial charge in [-0.2, -0.15) is 8.42 Å². The minimum Gasteiger partial charge on any atom is -0.445 e. The Morgan fingerprint density at radius 3 is 2.37 bits per heavy atom. The molecule has 10 heteroatoms. The summed E-state index contributed by atoms with van der Waals surface area (Å²) in [6.45, 7) is 2.24. The number of nitrogens with zero attached hydrogens (tertiary/aromatic N) is 4. The van der Waals surface area contributed by atoms with Gasteiger partial charge in [0.25, 0.3) is 10.1 Å². The Morgan fingerprint density at radius 1 is 1.13 bits per heavy atom. The highest BCUT2D eigenvalue weighted by molar-refractivity contribution is 7.86. The number of benzene rings is 2. The van der Waals surface area contributed by atoms with E-state index in [1.165, 1.54) is 17.0 Å². The first kappa shape index (κ1) is 21.6. The van der Waals surface area contributed by atoms with E-state index >= 15 is 0 Å². The number of rotatable bonds is 6. The van der Waals surface area contributed by atoms with Crippen LogP contribution in [0.5, 0.6) is 0 Å². The largest absolute Gasteiger partial charge is 0.445 e. The number of aryl methyl sites for hydroxylation is 1. The van der Waals surface area contributed by atoms with E-state index in [1.807, 2.05) is 37.3 Å². The Morgan fingerprint density at radius 2 is 1.77 bits per heavy atom. The molecule has 0 aromatic heterocycles. The van der Waals surface area contributed by atoms with Gasteiger partial charge in [0.1, 0.15) is 6.61 Å². The average molecular weight is 430 g/mol. The Kier molecular flexibility index (Phi) is 6.61. The number of carbonyl (C=O) groups excluding carboxylic acids is 1. The number of amides is 1. The fourth-order valence-corrected chi connectivity index (χ4v) is 4.26. The molecule has 0 radical (unpaired) electrons. The highest BCUT2D eigenvalue weighted by Gasteiger charge is 2.41. The van der Waals surface area contributed by atoms with E-state index in [9.17, 15) is 13.2 Å². The quantitative estimate of drug-likeness (QED) is 0.295. The molecule has 1 saturated heterocycles. The van der Waals surface area contributed by atoms with E-state index in [0.717, 1.165) is 11.1 Å². The van der Waals surface area contributed by atoms with Crippen LogP contribution in [0.4, 0.5) is 4.79 Å². The summed E-state index contributed by atoms with van der Waals surface area (Å²) in [7, 11) is -4.14. The number of piperidine rings is 1. The fourth-order valence-electron chi connectivity index (χ4n) is 3.09. The topological polar surface area (TPSA) is 122 Å². The molecule has 1 aliphatic rings. The number of ether oxygens (including phenoxy) is 1. The summed E-state index contributed by atoms with van der Waals surface area (Å²) in [5.74, 6) is 0. The third-order valence-electron chi connectivity index (χ3n) is 4.81. The average Bonchev–Trinajstić information content (AvgIpc) is 2.73. The van der Waals surface area contributed by atoms with Crippen molar-refractivity contribution in [2.24, 2.45) is 5.11 Å². The molecule has 2 aromatic rings. The summed E-state index contributed by atoms with van der Waals surface area (Å²) in [5, 5.41) is 3.63. The first-order valence-corrected chi connectivity index (χ1v) is 10.8. The number of carbonyl (C=O) groups is 1. The molecule has 3 rings (SSSR count). The highest BCUT2D eigenvalue weighted by atomic mass is 32.2. The molecular formula is C20H22N4O5S. The van der Waals surface area contributed by atoms with Gasteiger partial charge in [-0.3, -0.25) is 4.18 Å². The lowest BCUT2D eigenvalue weighted by molar-refractivity contribution is 0.00841. The van der Waals surface area contributed by atoms with Crippen LogP contribution in [0.15, 0.2) is 64.6 Å². The third-order valence-corrected chi connectivity index (χ3v) is 6.19. The van der Waals surface area contributed by atoms with Crippen LogP contribution in [-0.2, 0) is 25.6 Å². The van der Waals surface area contributed by atoms with E-state index in [1.54, 1.807) is 12.1 Å². The number of hydrogen-bond acceptors (Lipinski definition) is 6. The lowest BCUT2D eigenvalue weighted by Gasteiger charge is -2.37. The summed E-state index contributed by atoms with van der Waals surface area (Å²) in [4.78, 5) is 16.5. The Hall–Kier alpha value is -3.07. The highest BCUT2D eigenvalue weighted by Crippen LogP contribution is 2.32. The summed E-state index contributed by atoms with van der Waals surface area (Å²) in [5.41, 5.74) is 9.13. The molecule has 0 N–H and O–H groups in total. The Bertz CT molecular complexity index is 1030. The zero-order valence-electron chi connectivity index (χ0n) is 16.5. The van der Waals surface area contributed by atoms with Crippen molar-refractivity contribution in [2.45, 2.75) is 37.0 Å². The molecule has 2 aromatic carbocycles. The van der Waals surface area contributed by atoms with Crippen molar-refractivity contribution in [2.75, 3.05) is 13.1 Å². The van der Waals surface area contributed by atoms with Crippen molar-refractivity contribution in [3.63, 3.8) is 0 Å². The van der Waals surface area contributed by atoms with Gasteiger partial charge in [-0.25, -0.2) is 4.79 Å². The van der Waals surface area contributed by atoms with E-state index in [-0.39, 0.29) is 37.4 Å². The first-order valence-electron chi connectivity index (χ1n) is 9.38. The maximum Gasteiger partial charge on any atom is 0.410 e. The first-order chi connectivity index (χ1) is 14.3. The van der Waals surface area contributed by atoms with Gasteiger partial charge in [-0.05, 0) is 30.2 Å². The van der Waals surface area contributed by atoms with Crippen LogP contribution in [0.25, 0.3) is 10.4 Å². The minimum atomic E-state index is -4.14. The lowest BCUT2D eigenvalue weighted by atomic mass is 10.0. The lowest BCUT2D eigenvalue weighted by Crippen LogP contribution is -2.47. The maximum atomic E-state index is 12.7. The van der Waals surface area contributed by atoms with Gasteiger partial charge in [0, 0.05) is 30.8 Å². The number of azide groups is 1. The van der Waals surface area contributed by atoms with Gasteiger partial charge < -0.3 is 9.64 Å². The van der Waals surface area contributed by atoms with Gasteiger partial charge in [0.15, 0.2) is 5.72 Å². The van der Waals surface area contributed by atoms with Gasteiger partial charge >= 0.3 is 6.09 Å². The smallest absolute Gasteiger partial charge is 0.410 e. The standard InChI is InChI=1S/C20H22N4O5S/c1-16-7-9-18(10-8-16)30(26,27)29-20(22-23-21)11-13-24(14-12-20)19(25)28-15-17-5-3-2-4-6-17/h2-10H,11-15H2,1H3. The second kappa shape index (κ2) is 9.17. The van der Waals surface area contributed by atoms with Crippen LogP contribution in [0.2, 0.25) is 0 Å². The van der Waals surface area contributed by atoms with Crippen LogP contribution in [-0.4, -0.2) is 38.2 Å². The summed E-state index contributed by atoms with van der Waals surface area (Å²) >= 11 is 0. The molecule has 1 fully saturated rings. The van der Waals surface area contributed by atoms with Crippen LogP contribution in [0, 0.1) is 6.92 Å². The molecule has 0 bridgehead atoms. The van der Waals surface area contributed by atoms with Crippen molar-refractivity contribution in [1.82, 2.24) is 4.90 Å².